The minimum atomic E-state index is -1.22. The molecule has 2 aromatic carbocycles. The largest absolute Gasteiger partial charge is 0.446 e. The first-order chi connectivity index (χ1) is 13.6. The van der Waals surface area contributed by atoms with Gasteiger partial charge in [-0.15, -0.1) is 0 Å². The zero-order valence-electron chi connectivity index (χ0n) is 15.5. The number of amides is 1. The van der Waals surface area contributed by atoms with E-state index in [-0.39, 0.29) is 11.7 Å². The highest BCUT2D eigenvalue weighted by Gasteiger charge is 2.25. The van der Waals surface area contributed by atoms with Gasteiger partial charge in [0.05, 0.1) is 0 Å². The number of carbonyl (C=O) groups excluding carboxylic acids is 2. The van der Waals surface area contributed by atoms with E-state index in [1.807, 2.05) is 25.3 Å². The van der Waals surface area contributed by atoms with Crippen molar-refractivity contribution in [3.05, 3.63) is 83.6 Å². The van der Waals surface area contributed by atoms with Crippen molar-refractivity contribution in [2.75, 3.05) is 6.26 Å². The Morgan fingerprint density at radius 1 is 0.964 bits per heavy atom. The third-order valence-corrected chi connectivity index (χ3v) is 4.37. The molecule has 0 radical (unpaired) electrons. The Balaban J connectivity index is 1.89. The summed E-state index contributed by atoms with van der Waals surface area (Å²) in [5.41, 5.74) is 1.56. The first-order valence-electron chi connectivity index (χ1n) is 8.58. The summed E-state index contributed by atoms with van der Waals surface area (Å²) in [6.45, 7) is 1.81. The minimum absolute atomic E-state index is 0.222. The number of aryl methyl sites for hydroxylation is 1. The minimum Gasteiger partial charge on any atom is -0.446 e. The maximum absolute atomic E-state index is 13.0. The highest BCUT2D eigenvalue weighted by molar-refractivity contribution is 7.98. The lowest BCUT2D eigenvalue weighted by Crippen LogP contribution is -2.45. The molecule has 3 rings (SSSR count). The maximum Gasteiger partial charge on any atom is 0.254 e. The van der Waals surface area contributed by atoms with Gasteiger partial charge >= 0.3 is 0 Å². The Morgan fingerprint density at radius 2 is 1.57 bits per heavy atom. The number of aromatic nitrogens is 2. The number of ether oxygens (including phenoxy) is 1. The van der Waals surface area contributed by atoms with Gasteiger partial charge in [0.1, 0.15) is 0 Å². The van der Waals surface area contributed by atoms with Crippen LogP contribution in [-0.2, 0) is 0 Å². The second kappa shape index (κ2) is 9.14. The molecule has 0 aliphatic heterocycles. The van der Waals surface area contributed by atoms with Crippen molar-refractivity contribution in [3.63, 3.8) is 0 Å². The third kappa shape index (κ3) is 4.95. The third-order valence-electron chi connectivity index (χ3n) is 3.83. The summed E-state index contributed by atoms with van der Waals surface area (Å²) in [4.78, 5) is 34.1. The fourth-order valence-corrected chi connectivity index (χ4v) is 2.90. The fourth-order valence-electron chi connectivity index (χ4n) is 2.48. The lowest BCUT2D eigenvalue weighted by Gasteiger charge is -2.19. The number of nitrogens with zero attached hydrogens (tertiary/aromatic N) is 2. The Morgan fingerprint density at radius 3 is 2.18 bits per heavy atom. The Labute approximate surface area is 167 Å². The van der Waals surface area contributed by atoms with E-state index in [9.17, 15) is 9.59 Å². The van der Waals surface area contributed by atoms with E-state index >= 15 is 0 Å². The van der Waals surface area contributed by atoms with Gasteiger partial charge in [-0.25, -0.2) is 4.98 Å². The van der Waals surface area contributed by atoms with Gasteiger partial charge in [-0.1, -0.05) is 60.3 Å². The first-order valence-corrected chi connectivity index (χ1v) is 9.81. The second-order valence-corrected chi connectivity index (χ2v) is 6.68. The molecule has 0 aliphatic rings. The van der Waals surface area contributed by atoms with Crippen molar-refractivity contribution in [2.45, 2.75) is 18.3 Å². The highest BCUT2D eigenvalue weighted by atomic mass is 32.2. The van der Waals surface area contributed by atoms with E-state index in [0.29, 0.717) is 22.0 Å². The fraction of sp³-hybridized carbons (Fsp3) is 0.143. The standard InChI is InChI=1S/C21H19N3O3S/c1-14-13-17(23-21(22-14)28-2)27-20(18(25)15-9-5-3-6-10-15)24-19(26)16-11-7-4-8-12-16/h3-13,20H,1-2H3,(H,24,26). The van der Waals surface area contributed by atoms with Crippen LogP contribution in [-0.4, -0.2) is 34.1 Å². The molecule has 0 saturated heterocycles. The molecule has 142 valence electrons. The summed E-state index contributed by atoms with van der Waals surface area (Å²) in [5, 5.41) is 3.18. The average Bonchev–Trinajstić information content (AvgIpc) is 2.73. The van der Waals surface area contributed by atoms with Crippen molar-refractivity contribution >= 4 is 23.5 Å². The molecule has 1 N–H and O–H groups in total. The molecule has 1 aromatic heterocycles. The van der Waals surface area contributed by atoms with E-state index < -0.39 is 12.1 Å². The lowest BCUT2D eigenvalue weighted by molar-refractivity contribution is 0.0648. The van der Waals surface area contributed by atoms with Crippen LogP contribution in [0.1, 0.15) is 26.4 Å². The van der Waals surface area contributed by atoms with E-state index in [4.69, 9.17) is 4.74 Å². The number of Topliss-reactive ketones (excluding diaryl/α,β-unsaturated/α-hetero) is 1. The van der Waals surface area contributed by atoms with Crippen LogP contribution in [0.3, 0.4) is 0 Å². The molecule has 1 atom stereocenters. The van der Waals surface area contributed by atoms with Crippen LogP contribution >= 0.6 is 11.8 Å². The smallest absolute Gasteiger partial charge is 0.254 e. The molecule has 3 aromatic rings. The van der Waals surface area contributed by atoms with Gasteiger partial charge in [0.2, 0.25) is 17.9 Å². The van der Waals surface area contributed by atoms with Crippen LogP contribution in [0.5, 0.6) is 5.88 Å². The zero-order valence-corrected chi connectivity index (χ0v) is 16.3. The molecule has 0 fully saturated rings. The van der Waals surface area contributed by atoms with Crippen molar-refractivity contribution in [1.82, 2.24) is 15.3 Å². The number of rotatable bonds is 7. The number of nitrogens with one attached hydrogen (secondary N) is 1. The number of ketones is 1. The van der Waals surface area contributed by atoms with Gasteiger partial charge in [-0.2, -0.15) is 4.98 Å². The van der Waals surface area contributed by atoms with Crippen LogP contribution in [0.4, 0.5) is 0 Å². The molecular weight excluding hydrogens is 374 g/mol. The maximum atomic E-state index is 13.0. The van der Waals surface area contributed by atoms with Crippen LogP contribution in [0, 0.1) is 6.92 Å². The average molecular weight is 393 g/mol. The van der Waals surface area contributed by atoms with E-state index in [0.717, 1.165) is 0 Å². The lowest BCUT2D eigenvalue weighted by atomic mass is 10.1. The summed E-state index contributed by atoms with van der Waals surface area (Å²) in [5.74, 6) is -0.558. The Hall–Kier alpha value is -3.19. The molecule has 1 heterocycles. The number of thioether (sulfide) groups is 1. The van der Waals surface area contributed by atoms with Gasteiger partial charge in [0, 0.05) is 22.9 Å². The molecule has 1 amide bonds. The molecule has 28 heavy (non-hydrogen) atoms. The second-order valence-electron chi connectivity index (χ2n) is 5.90. The van der Waals surface area contributed by atoms with Crippen LogP contribution < -0.4 is 10.1 Å². The number of benzene rings is 2. The number of hydrogen-bond acceptors (Lipinski definition) is 6. The van der Waals surface area contributed by atoms with Crippen molar-refractivity contribution in [1.29, 1.82) is 0 Å². The predicted octanol–water partition coefficient (Wildman–Crippen LogP) is 3.52. The summed E-state index contributed by atoms with van der Waals surface area (Å²) < 4.78 is 5.80. The molecular formula is C21H19N3O3S. The summed E-state index contributed by atoms with van der Waals surface area (Å²) in [6.07, 6.45) is 0.626. The SMILES string of the molecule is CSc1nc(C)cc(OC(NC(=O)c2ccccc2)C(=O)c2ccccc2)n1. The van der Waals surface area contributed by atoms with Crippen molar-refractivity contribution in [3.8, 4) is 5.88 Å². The molecule has 0 spiro atoms. The van der Waals surface area contributed by atoms with E-state index in [1.165, 1.54) is 11.8 Å². The van der Waals surface area contributed by atoms with Crippen molar-refractivity contribution in [2.24, 2.45) is 0 Å². The van der Waals surface area contributed by atoms with Gasteiger partial charge in [0.15, 0.2) is 5.16 Å². The van der Waals surface area contributed by atoms with E-state index in [2.05, 4.69) is 15.3 Å². The molecule has 7 heteroatoms. The monoisotopic (exact) mass is 393 g/mol. The molecule has 0 aliphatic carbocycles. The molecule has 0 bridgehead atoms. The van der Waals surface area contributed by atoms with Gasteiger partial charge in [-0.3, -0.25) is 9.59 Å². The van der Waals surface area contributed by atoms with E-state index in [1.54, 1.807) is 54.6 Å². The quantitative estimate of drug-likeness (QED) is 0.286. The van der Waals surface area contributed by atoms with Crippen LogP contribution in [0.2, 0.25) is 0 Å². The topological polar surface area (TPSA) is 81.2 Å². The first kappa shape index (κ1) is 19.6. The zero-order chi connectivity index (χ0) is 19.9. The number of carbonyl (C=O) groups is 2. The van der Waals surface area contributed by atoms with Gasteiger partial charge < -0.3 is 10.1 Å². The highest BCUT2D eigenvalue weighted by Crippen LogP contribution is 2.17. The van der Waals surface area contributed by atoms with Crippen LogP contribution in [0.25, 0.3) is 0 Å². The Bertz CT molecular complexity index is 965. The van der Waals surface area contributed by atoms with Crippen molar-refractivity contribution < 1.29 is 14.3 Å². The van der Waals surface area contributed by atoms with Gasteiger partial charge in [0.25, 0.3) is 5.91 Å². The van der Waals surface area contributed by atoms with Gasteiger partial charge in [-0.05, 0) is 25.3 Å². The molecule has 6 nitrogen and oxygen atoms in total. The summed E-state index contributed by atoms with van der Waals surface area (Å²) >= 11 is 1.37. The summed E-state index contributed by atoms with van der Waals surface area (Å²) in [7, 11) is 0. The molecule has 1 unspecified atom stereocenters. The normalized spacial score (nSPS) is 11.5. The van der Waals surface area contributed by atoms with Crippen LogP contribution in [0.15, 0.2) is 71.9 Å². The predicted molar refractivity (Wildman–Crippen MR) is 108 cm³/mol. The molecule has 0 saturated carbocycles. The summed E-state index contributed by atoms with van der Waals surface area (Å²) in [6, 6.07) is 18.9. The Kier molecular flexibility index (Phi) is 6.39. The number of hydrogen-bond donors (Lipinski definition) is 1.